The van der Waals surface area contributed by atoms with Gasteiger partial charge in [-0.2, -0.15) is 23.1 Å². The number of nitrogens with one attached hydrogen (secondary N) is 1. The molecule has 1 aromatic rings. The molecule has 3 nitrogen and oxygen atoms in total. The van der Waals surface area contributed by atoms with Crippen LogP contribution in [0.1, 0.15) is 44.3 Å². The molecular weight excluding hydrogens is 288 g/mol. The minimum Gasteiger partial charge on any atom is -0.318 e. The average Bonchev–Trinajstić information content (AvgIpc) is 3.14. The summed E-state index contributed by atoms with van der Waals surface area (Å²) in [5.41, 5.74) is 0.958. The van der Waals surface area contributed by atoms with E-state index in [0.717, 1.165) is 18.6 Å². The normalized spacial score (nSPS) is 26.6. The predicted octanol–water partition coefficient (Wildman–Crippen LogP) is 3.24. The van der Waals surface area contributed by atoms with Crippen molar-refractivity contribution < 1.29 is 4.79 Å². The Kier molecular flexibility index (Phi) is 4.11. The van der Waals surface area contributed by atoms with E-state index >= 15 is 0 Å². The van der Waals surface area contributed by atoms with Gasteiger partial charge in [-0.15, -0.1) is 0 Å². The molecule has 2 atom stereocenters. The van der Waals surface area contributed by atoms with Crippen molar-refractivity contribution in [2.45, 2.75) is 50.4 Å². The molecule has 1 aliphatic carbocycles. The highest BCUT2D eigenvalue weighted by Crippen LogP contribution is 2.42. The van der Waals surface area contributed by atoms with Gasteiger partial charge in [0.1, 0.15) is 6.17 Å². The third kappa shape index (κ3) is 2.30. The van der Waals surface area contributed by atoms with Gasteiger partial charge in [0.25, 0.3) is 0 Å². The van der Waals surface area contributed by atoms with E-state index in [0.29, 0.717) is 5.91 Å². The highest BCUT2D eigenvalue weighted by Gasteiger charge is 2.53. The molecule has 2 heterocycles. The van der Waals surface area contributed by atoms with E-state index in [9.17, 15) is 4.79 Å². The predicted molar refractivity (Wildman–Crippen MR) is 86.1 cm³/mol. The van der Waals surface area contributed by atoms with Crippen LogP contribution >= 0.6 is 23.1 Å². The summed E-state index contributed by atoms with van der Waals surface area (Å²) >= 11 is 3.51. The maximum atomic E-state index is 13.0. The molecule has 1 spiro atoms. The van der Waals surface area contributed by atoms with Crippen LogP contribution in [0.4, 0.5) is 0 Å². The first-order valence-electron chi connectivity index (χ1n) is 7.29. The topological polar surface area (TPSA) is 32.3 Å². The molecule has 2 fully saturated rings. The molecular formula is C15H22N2OS2. The highest BCUT2D eigenvalue weighted by atomic mass is 32.2. The van der Waals surface area contributed by atoms with Gasteiger partial charge in [0.05, 0.1) is 5.54 Å². The molecule has 1 aromatic heterocycles. The number of hydrogen-bond acceptors (Lipinski definition) is 4. The molecule has 1 N–H and O–H groups in total. The Labute approximate surface area is 129 Å². The smallest absolute Gasteiger partial charge is 0.244 e. The third-order valence-corrected chi connectivity index (χ3v) is 6.05. The molecule has 1 saturated heterocycles. The first-order valence-corrected chi connectivity index (χ1v) is 9.63. The zero-order valence-electron chi connectivity index (χ0n) is 12.1. The van der Waals surface area contributed by atoms with Crippen molar-refractivity contribution in [1.82, 2.24) is 10.2 Å². The maximum Gasteiger partial charge on any atom is 0.244 e. The number of amides is 1. The number of thiophene rings is 1. The molecule has 2 unspecified atom stereocenters. The van der Waals surface area contributed by atoms with Crippen molar-refractivity contribution in [3.63, 3.8) is 0 Å². The summed E-state index contributed by atoms with van der Waals surface area (Å²) in [5.74, 6) is 1.32. The molecule has 1 aliphatic heterocycles. The summed E-state index contributed by atoms with van der Waals surface area (Å²) in [5, 5.41) is 7.94. The van der Waals surface area contributed by atoms with Crippen LogP contribution in [0.5, 0.6) is 0 Å². The fourth-order valence-electron chi connectivity index (χ4n) is 3.54. The van der Waals surface area contributed by atoms with Gasteiger partial charge in [0, 0.05) is 11.8 Å². The lowest BCUT2D eigenvalue weighted by Crippen LogP contribution is -2.45. The Morgan fingerprint density at radius 3 is 2.90 bits per heavy atom. The standard InChI is InChI=1S/C15H22N2OS2/c1-11(9-19-2)17-13(12-5-8-20-10-12)16-15(14(17)18)6-3-4-7-15/h5,8,10-11,13,16H,3-4,6-7,9H2,1-2H3. The molecule has 110 valence electrons. The van der Waals surface area contributed by atoms with E-state index in [2.05, 4.69) is 40.2 Å². The molecule has 0 radical (unpaired) electrons. The maximum absolute atomic E-state index is 13.0. The van der Waals surface area contributed by atoms with E-state index in [4.69, 9.17) is 0 Å². The summed E-state index contributed by atoms with van der Waals surface area (Å²) in [7, 11) is 0. The van der Waals surface area contributed by atoms with E-state index < -0.39 is 0 Å². The van der Waals surface area contributed by atoms with Crippen LogP contribution in [0.15, 0.2) is 16.8 Å². The van der Waals surface area contributed by atoms with Crippen LogP contribution in [-0.4, -0.2) is 34.4 Å². The van der Waals surface area contributed by atoms with Gasteiger partial charge in [-0.1, -0.05) is 12.8 Å². The molecule has 0 bridgehead atoms. The van der Waals surface area contributed by atoms with Crippen LogP contribution < -0.4 is 5.32 Å². The van der Waals surface area contributed by atoms with Gasteiger partial charge in [-0.25, -0.2) is 0 Å². The molecule has 3 rings (SSSR count). The largest absolute Gasteiger partial charge is 0.318 e. The number of thioether (sulfide) groups is 1. The molecule has 5 heteroatoms. The minimum absolute atomic E-state index is 0.0639. The number of carbonyl (C=O) groups excluding carboxylic acids is 1. The van der Waals surface area contributed by atoms with Gasteiger partial charge >= 0.3 is 0 Å². The van der Waals surface area contributed by atoms with E-state index in [1.54, 1.807) is 11.3 Å². The van der Waals surface area contributed by atoms with Gasteiger partial charge in [-0.05, 0) is 48.4 Å². The number of carbonyl (C=O) groups is 1. The SMILES string of the molecule is CSCC(C)N1C(=O)C2(CCCC2)NC1c1ccsc1. The van der Waals surface area contributed by atoms with Crippen LogP contribution in [0, 0.1) is 0 Å². The highest BCUT2D eigenvalue weighted by molar-refractivity contribution is 7.98. The van der Waals surface area contributed by atoms with E-state index in [-0.39, 0.29) is 17.7 Å². The van der Waals surface area contributed by atoms with Crippen molar-refractivity contribution in [1.29, 1.82) is 0 Å². The average molecular weight is 310 g/mol. The minimum atomic E-state index is -0.279. The van der Waals surface area contributed by atoms with Gasteiger partial charge < -0.3 is 4.90 Å². The van der Waals surface area contributed by atoms with Crippen LogP contribution in [0.3, 0.4) is 0 Å². The molecule has 1 amide bonds. The molecule has 20 heavy (non-hydrogen) atoms. The monoisotopic (exact) mass is 310 g/mol. The summed E-state index contributed by atoms with van der Waals surface area (Å²) in [4.78, 5) is 15.1. The van der Waals surface area contributed by atoms with Crippen LogP contribution in [0.25, 0.3) is 0 Å². The second-order valence-electron chi connectivity index (χ2n) is 5.91. The lowest BCUT2D eigenvalue weighted by atomic mass is 9.98. The second-order valence-corrected chi connectivity index (χ2v) is 7.60. The van der Waals surface area contributed by atoms with Crippen molar-refractivity contribution in [3.8, 4) is 0 Å². The number of nitrogens with zero attached hydrogens (tertiary/aromatic N) is 1. The first-order chi connectivity index (χ1) is 9.68. The van der Waals surface area contributed by atoms with Gasteiger partial charge in [-0.3, -0.25) is 10.1 Å². The van der Waals surface area contributed by atoms with Crippen LogP contribution in [-0.2, 0) is 4.79 Å². The van der Waals surface area contributed by atoms with Crippen LogP contribution in [0.2, 0.25) is 0 Å². The number of rotatable bonds is 4. The first kappa shape index (κ1) is 14.4. The van der Waals surface area contributed by atoms with E-state index in [1.807, 2.05) is 11.8 Å². The lowest BCUT2D eigenvalue weighted by molar-refractivity contribution is -0.134. The lowest BCUT2D eigenvalue weighted by Gasteiger charge is -2.29. The summed E-state index contributed by atoms with van der Waals surface area (Å²) in [6.07, 6.45) is 6.49. The van der Waals surface area contributed by atoms with E-state index in [1.165, 1.54) is 18.4 Å². The second kappa shape index (κ2) is 5.70. The molecule has 0 aromatic carbocycles. The Morgan fingerprint density at radius 1 is 1.55 bits per heavy atom. The van der Waals surface area contributed by atoms with Gasteiger partial charge in [0.15, 0.2) is 0 Å². The fraction of sp³-hybridized carbons (Fsp3) is 0.667. The Balaban J connectivity index is 1.92. The quantitative estimate of drug-likeness (QED) is 0.926. The summed E-state index contributed by atoms with van der Waals surface area (Å²) in [6.45, 7) is 2.17. The van der Waals surface area contributed by atoms with Crippen molar-refractivity contribution >= 4 is 29.0 Å². The summed E-state index contributed by atoms with van der Waals surface area (Å²) in [6, 6.07) is 2.41. The fourth-order valence-corrected chi connectivity index (χ4v) is 4.87. The Hall–Kier alpha value is -0.520. The summed E-state index contributed by atoms with van der Waals surface area (Å²) < 4.78 is 0. The van der Waals surface area contributed by atoms with Crippen molar-refractivity contribution in [3.05, 3.63) is 22.4 Å². The Bertz CT molecular complexity index is 468. The van der Waals surface area contributed by atoms with Crippen molar-refractivity contribution in [2.24, 2.45) is 0 Å². The zero-order valence-corrected chi connectivity index (χ0v) is 13.7. The zero-order chi connectivity index (χ0) is 14.2. The third-order valence-electron chi connectivity index (χ3n) is 4.53. The number of hydrogen-bond donors (Lipinski definition) is 1. The molecule has 1 saturated carbocycles. The van der Waals surface area contributed by atoms with Crippen molar-refractivity contribution in [2.75, 3.05) is 12.0 Å². The van der Waals surface area contributed by atoms with Gasteiger partial charge in [0.2, 0.25) is 5.91 Å². The molecule has 2 aliphatic rings. The Morgan fingerprint density at radius 2 is 2.30 bits per heavy atom.